The molecule has 0 aromatic rings. The van der Waals surface area contributed by atoms with Gasteiger partial charge in [0.05, 0.1) is 13.2 Å². The molecule has 1 spiro atoms. The minimum absolute atomic E-state index is 0.256. The Bertz CT molecular complexity index is 358. The van der Waals surface area contributed by atoms with Gasteiger partial charge in [-0.25, -0.2) is 0 Å². The Hall–Kier alpha value is -0.160. The number of nitrogens with one attached hydrogen (secondary N) is 1. The Morgan fingerprint density at radius 1 is 1.10 bits per heavy atom. The van der Waals surface area contributed by atoms with Crippen LogP contribution >= 0.6 is 0 Å². The predicted octanol–water partition coefficient (Wildman–Crippen LogP) is 1.99. The Morgan fingerprint density at radius 3 is 2.48 bits per heavy atom. The number of fused-ring (bicyclic) bond motifs is 1. The summed E-state index contributed by atoms with van der Waals surface area (Å²) in [6, 6.07) is 1.22. The fourth-order valence-corrected chi connectivity index (χ4v) is 5.32. The van der Waals surface area contributed by atoms with Crippen LogP contribution in [-0.4, -0.2) is 55.6 Å². The van der Waals surface area contributed by atoms with Crippen LogP contribution in [-0.2, 0) is 9.47 Å². The maximum atomic E-state index is 6.02. The average Bonchev–Trinajstić information content (AvgIpc) is 3.17. The minimum Gasteiger partial charge on any atom is -0.347 e. The summed E-state index contributed by atoms with van der Waals surface area (Å²) >= 11 is 0. The Kier molecular flexibility index (Phi) is 3.99. The summed E-state index contributed by atoms with van der Waals surface area (Å²) in [6.45, 7) is 7.48. The molecule has 4 aliphatic rings. The summed E-state index contributed by atoms with van der Waals surface area (Å²) in [4.78, 5) is 2.77. The van der Waals surface area contributed by atoms with Gasteiger partial charge in [-0.15, -0.1) is 0 Å². The summed E-state index contributed by atoms with van der Waals surface area (Å²) in [5.41, 5.74) is 0. The smallest absolute Gasteiger partial charge is 0.170 e. The first-order valence-electron chi connectivity index (χ1n) is 9.05. The van der Waals surface area contributed by atoms with Crippen LogP contribution in [0.4, 0.5) is 0 Å². The molecule has 1 N–H and O–H groups in total. The third-order valence-corrected chi connectivity index (χ3v) is 6.32. The van der Waals surface area contributed by atoms with E-state index in [4.69, 9.17) is 9.47 Å². The highest BCUT2D eigenvalue weighted by Crippen LogP contribution is 2.43. The first kappa shape index (κ1) is 14.4. The molecule has 4 unspecified atom stereocenters. The highest BCUT2D eigenvalue weighted by molar-refractivity contribution is 5.00. The maximum Gasteiger partial charge on any atom is 0.170 e. The summed E-state index contributed by atoms with van der Waals surface area (Å²) in [6.07, 6.45) is 7.67. The van der Waals surface area contributed by atoms with Crippen molar-refractivity contribution in [3.8, 4) is 0 Å². The van der Waals surface area contributed by atoms with E-state index in [1.165, 1.54) is 38.8 Å². The number of nitrogens with zero attached hydrogens (tertiary/aromatic N) is 1. The number of hydrogen-bond donors (Lipinski definition) is 1. The molecular formula is C17H30N2O2. The second kappa shape index (κ2) is 5.80. The molecule has 0 aromatic carbocycles. The Balaban J connectivity index is 1.48. The van der Waals surface area contributed by atoms with Gasteiger partial charge in [0.1, 0.15) is 0 Å². The molecule has 0 amide bonds. The van der Waals surface area contributed by atoms with Crippen molar-refractivity contribution in [3.63, 3.8) is 0 Å². The van der Waals surface area contributed by atoms with Crippen LogP contribution in [0, 0.1) is 11.8 Å². The lowest BCUT2D eigenvalue weighted by Gasteiger charge is -2.45. The summed E-state index contributed by atoms with van der Waals surface area (Å²) in [5, 5.41) is 3.73. The standard InChI is InChI=1S/C17H30N2O2/c1-2-18-15-6-7-17(20-8-9-21-17)10-16(15)19-11-13-4-3-5-14(13)12-19/h13-16,18H,2-12H2,1H3. The molecular weight excluding hydrogens is 264 g/mol. The maximum absolute atomic E-state index is 6.02. The Labute approximate surface area is 128 Å². The molecule has 21 heavy (non-hydrogen) atoms. The lowest BCUT2D eigenvalue weighted by Crippen LogP contribution is -2.57. The van der Waals surface area contributed by atoms with Gasteiger partial charge in [-0.05, 0) is 37.6 Å². The van der Waals surface area contributed by atoms with E-state index in [9.17, 15) is 0 Å². The quantitative estimate of drug-likeness (QED) is 0.863. The van der Waals surface area contributed by atoms with E-state index < -0.39 is 0 Å². The zero-order chi connectivity index (χ0) is 14.3. The van der Waals surface area contributed by atoms with E-state index >= 15 is 0 Å². The lowest BCUT2D eigenvalue weighted by atomic mass is 9.84. The molecule has 4 atom stereocenters. The van der Waals surface area contributed by atoms with Gasteiger partial charge in [0, 0.05) is 38.0 Å². The van der Waals surface area contributed by atoms with Gasteiger partial charge in [0.25, 0.3) is 0 Å². The predicted molar refractivity (Wildman–Crippen MR) is 82.1 cm³/mol. The molecule has 4 heteroatoms. The molecule has 4 nitrogen and oxygen atoms in total. The second-order valence-electron chi connectivity index (χ2n) is 7.49. The molecule has 2 saturated carbocycles. The summed E-state index contributed by atoms with van der Waals surface area (Å²) in [5.74, 6) is 1.68. The SMILES string of the molecule is CCNC1CCC2(CC1N1CC3CCCC3C1)OCCO2. The third-order valence-electron chi connectivity index (χ3n) is 6.32. The van der Waals surface area contributed by atoms with Gasteiger partial charge in [0.2, 0.25) is 0 Å². The largest absolute Gasteiger partial charge is 0.347 e. The fraction of sp³-hybridized carbons (Fsp3) is 1.00. The first-order valence-corrected chi connectivity index (χ1v) is 9.05. The van der Waals surface area contributed by atoms with E-state index in [1.54, 1.807) is 0 Å². The van der Waals surface area contributed by atoms with Crippen molar-refractivity contribution in [3.05, 3.63) is 0 Å². The fourth-order valence-electron chi connectivity index (χ4n) is 5.32. The van der Waals surface area contributed by atoms with Crippen LogP contribution in [0.3, 0.4) is 0 Å². The molecule has 0 radical (unpaired) electrons. The van der Waals surface area contributed by atoms with Crippen molar-refractivity contribution < 1.29 is 9.47 Å². The van der Waals surface area contributed by atoms with Gasteiger partial charge in [0.15, 0.2) is 5.79 Å². The van der Waals surface area contributed by atoms with Gasteiger partial charge >= 0.3 is 0 Å². The molecule has 4 rings (SSSR count). The zero-order valence-corrected chi connectivity index (χ0v) is 13.4. The molecule has 0 aromatic heterocycles. The van der Waals surface area contributed by atoms with Crippen molar-refractivity contribution in [1.82, 2.24) is 10.2 Å². The molecule has 4 fully saturated rings. The average molecular weight is 294 g/mol. The number of hydrogen-bond acceptors (Lipinski definition) is 4. The van der Waals surface area contributed by atoms with Crippen molar-refractivity contribution >= 4 is 0 Å². The second-order valence-corrected chi connectivity index (χ2v) is 7.49. The van der Waals surface area contributed by atoms with Crippen LogP contribution in [0.5, 0.6) is 0 Å². The monoisotopic (exact) mass is 294 g/mol. The van der Waals surface area contributed by atoms with E-state index in [1.807, 2.05) is 0 Å². The van der Waals surface area contributed by atoms with Crippen LogP contribution in [0.1, 0.15) is 45.4 Å². The molecule has 120 valence electrons. The molecule has 2 aliphatic heterocycles. The van der Waals surface area contributed by atoms with Gasteiger partial charge in [-0.3, -0.25) is 4.90 Å². The van der Waals surface area contributed by atoms with Crippen LogP contribution in [0.15, 0.2) is 0 Å². The van der Waals surface area contributed by atoms with Gasteiger partial charge in [-0.1, -0.05) is 13.3 Å². The highest BCUT2D eigenvalue weighted by atomic mass is 16.7. The van der Waals surface area contributed by atoms with Gasteiger partial charge in [-0.2, -0.15) is 0 Å². The van der Waals surface area contributed by atoms with E-state index in [0.717, 1.165) is 44.4 Å². The normalized spacial score (nSPS) is 42.7. The van der Waals surface area contributed by atoms with E-state index in [2.05, 4.69) is 17.1 Å². The van der Waals surface area contributed by atoms with Crippen molar-refractivity contribution in [1.29, 1.82) is 0 Å². The molecule has 2 aliphatic carbocycles. The van der Waals surface area contributed by atoms with E-state index in [0.29, 0.717) is 12.1 Å². The molecule has 0 bridgehead atoms. The number of ether oxygens (including phenoxy) is 2. The number of likely N-dealkylation sites (N-methyl/N-ethyl adjacent to an activating group) is 1. The van der Waals surface area contributed by atoms with Crippen molar-refractivity contribution in [2.24, 2.45) is 11.8 Å². The first-order chi connectivity index (χ1) is 10.3. The van der Waals surface area contributed by atoms with Crippen LogP contribution in [0.25, 0.3) is 0 Å². The highest BCUT2D eigenvalue weighted by Gasteiger charge is 2.49. The van der Waals surface area contributed by atoms with Crippen molar-refractivity contribution in [2.45, 2.75) is 63.3 Å². The van der Waals surface area contributed by atoms with Crippen molar-refractivity contribution in [2.75, 3.05) is 32.8 Å². The van der Waals surface area contributed by atoms with E-state index in [-0.39, 0.29) is 5.79 Å². The zero-order valence-electron chi connectivity index (χ0n) is 13.4. The minimum atomic E-state index is -0.256. The topological polar surface area (TPSA) is 33.7 Å². The van der Waals surface area contributed by atoms with Gasteiger partial charge < -0.3 is 14.8 Å². The summed E-state index contributed by atoms with van der Waals surface area (Å²) in [7, 11) is 0. The Morgan fingerprint density at radius 2 is 1.81 bits per heavy atom. The number of likely N-dealkylation sites (tertiary alicyclic amines) is 1. The number of rotatable bonds is 3. The third kappa shape index (κ3) is 2.65. The lowest BCUT2D eigenvalue weighted by molar-refractivity contribution is -0.192. The summed E-state index contributed by atoms with van der Waals surface area (Å²) < 4.78 is 12.0. The molecule has 2 saturated heterocycles. The molecule has 2 heterocycles. The van der Waals surface area contributed by atoms with Crippen LogP contribution in [0.2, 0.25) is 0 Å². The van der Waals surface area contributed by atoms with Crippen LogP contribution < -0.4 is 5.32 Å².